The lowest BCUT2D eigenvalue weighted by molar-refractivity contribution is -0.131. The van der Waals surface area contributed by atoms with Crippen LogP contribution < -0.4 is 16.6 Å². The normalized spacial score (nSPS) is 13.5. The molecular formula is C15H22ClN3O3S. The third-order valence-corrected chi connectivity index (χ3v) is 4.37. The quantitative estimate of drug-likeness (QED) is 0.550. The molecule has 0 aliphatic rings. The number of halogens is 1. The Morgan fingerprint density at radius 3 is 2.43 bits per heavy atom. The Balaban J connectivity index is 2.39. The van der Waals surface area contributed by atoms with E-state index in [2.05, 4.69) is 24.7 Å². The summed E-state index contributed by atoms with van der Waals surface area (Å²) in [6.45, 7) is 4.12. The standard InChI is InChI=1S/C15H22ClN3O3S/c1-9(2)23-8-7-12(17)13(20)15(22)19-18-14(21)10-3-5-11(16)6-4-10/h3-6,9,12-13,20H,7-8,17H2,1-2H3,(H,18,21)(H,19,22)/t12-,13?/m1/s1. The van der Waals surface area contributed by atoms with Crippen LogP contribution >= 0.6 is 23.4 Å². The molecule has 128 valence electrons. The minimum absolute atomic E-state index is 0.335. The van der Waals surface area contributed by atoms with Gasteiger partial charge in [0.2, 0.25) is 0 Å². The fourth-order valence-corrected chi connectivity index (χ4v) is 2.66. The van der Waals surface area contributed by atoms with Gasteiger partial charge in [0.05, 0.1) is 0 Å². The van der Waals surface area contributed by atoms with Gasteiger partial charge in [-0.1, -0.05) is 25.4 Å². The van der Waals surface area contributed by atoms with Gasteiger partial charge < -0.3 is 10.8 Å². The molecule has 0 heterocycles. The topological polar surface area (TPSA) is 104 Å². The SMILES string of the molecule is CC(C)SCC[C@@H](N)C(O)C(=O)NNC(=O)c1ccc(Cl)cc1. The third-order valence-electron chi connectivity index (χ3n) is 2.98. The number of nitrogens with one attached hydrogen (secondary N) is 2. The molecule has 1 rings (SSSR count). The Labute approximate surface area is 145 Å². The number of aliphatic hydroxyl groups excluding tert-OH is 1. The Hall–Kier alpha value is -1.28. The molecule has 5 N–H and O–H groups in total. The van der Waals surface area contributed by atoms with Crippen molar-refractivity contribution in [2.75, 3.05) is 5.75 Å². The summed E-state index contributed by atoms with van der Waals surface area (Å²) < 4.78 is 0. The van der Waals surface area contributed by atoms with Crippen molar-refractivity contribution in [1.82, 2.24) is 10.9 Å². The van der Waals surface area contributed by atoms with E-state index in [1.54, 1.807) is 23.9 Å². The second-order valence-corrected chi connectivity index (χ2v) is 7.39. The molecule has 0 radical (unpaired) electrons. The van der Waals surface area contributed by atoms with Crippen molar-refractivity contribution >= 4 is 35.2 Å². The van der Waals surface area contributed by atoms with Gasteiger partial charge in [-0.2, -0.15) is 11.8 Å². The summed E-state index contributed by atoms with van der Waals surface area (Å²) in [6, 6.07) is 5.49. The van der Waals surface area contributed by atoms with Crippen molar-refractivity contribution in [2.24, 2.45) is 5.73 Å². The van der Waals surface area contributed by atoms with Crippen LogP contribution in [-0.2, 0) is 4.79 Å². The fourth-order valence-electron chi connectivity index (χ4n) is 1.66. The molecule has 2 atom stereocenters. The van der Waals surface area contributed by atoms with Gasteiger partial charge in [-0.15, -0.1) is 0 Å². The molecule has 0 bridgehead atoms. The molecule has 1 unspecified atom stereocenters. The highest BCUT2D eigenvalue weighted by atomic mass is 35.5. The Morgan fingerprint density at radius 1 is 1.26 bits per heavy atom. The van der Waals surface area contributed by atoms with Crippen molar-refractivity contribution in [1.29, 1.82) is 0 Å². The minimum atomic E-state index is -1.38. The van der Waals surface area contributed by atoms with Gasteiger partial charge >= 0.3 is 0 Å². The molecule has 0 saturated carbocycles. The number of benzene rings is 1. The molecule has 0 spiro atoms. The highest BCUT2D eigenvalue weighted by Gasteiger charge is 2.23. The molecule has 8 heteroatoms. The smallest absolute Gasteiger partial charge is 0.269 e. The monoisotopic (exact) mass is 359 g/mol. The van der Waals surface area contributed by atoms with Gasteiger partial charge in [0.25, 0.3) is 11.8 Å². The molecule has 0 fully saturated rings. The van der Waals surface area contributed by atoms with E-state index >= 15 is 0 Å². The number of hydrogen-bond acceptors (Lipinski definition) is 5. The van der Waals surface area contributed by atoms with Gasteiger partial charge in [0, 0.05) is 16.6 Å². The van der Waals surface area contributed by atoms with Crippen LogP contribution in [0.1, 0.15) is 30.6 Å². The van der Waals surface area contributed by atoms with E-state index in [-0.39, 0.29) is 0 Å². The summed E-state index contributed by atoms with van der Waals surface area (Å²) in [7, 11) is 0. The largest absolute Gasteiger partial charge is 0.382 e. The first-order valence-electron chi connectivity index (χ1n) is 7.22. The van der Waals surface area contributed by atoms with Crippen molar-refractivity contribution < 1.29 is 14.7 Å². The van der Waals surface area contributed by atoms with Crippen LogP contribution in [-0.4, -0.2) is 40.1 Å². The number of hydrogen-bond donors (Lipinski definition) is 4. The number of amides is 2. The number of carbonyl (C=O) groups is 2. The van der Waals surface area contributed by atoms with E-state index in [4.69, 9.17) is 17.3 Å². The van der Waals surface area contributed by atoms with E-state index in [9.17, 15) is 14.7 Å². The van der Waals surface area contributed by atoms with E-state index in [0.717, 1.165) is 5.75 Å². The number of rotatable bonds is 7. The molecule has 0 aliphatic heterocycles. The van der Waals surface area contributed by atoms with Crippen LogP contribution in [0.25, 0.3) is 0 Å². The van der Waals surface area contributed by atoms with E-state index in [1.165, 1.54) is 12.1 Å². The lowest BCUT2D eigenvalue weighted by Gasteiger charge is -2.18. The van der Waals surface area contributed by atoms with E-state index in [0.29, 0.717) is 22.3 Å². The van der Waals surface area contributed by atoms with Crippen molar-refractivity contribution in [3.05, 3.63) is 34.9 Å². The molecule has 6 nitrogen and oxygen atoms in total. The van der Waals surface area contributed by atoms with Gasteiger partial charge in [-0.05, 0) is 41.7 Å². The lowest BCUT2D eigenvalue weighted by Crippen LogP contribution is -2.52. The minimum Gasteiger partial charge on any atom is -0.382 e. The summed E-state index contributed by atoms with van der Waals surface area (Å²) in [5.41, 5.74) is 10.5. The van der Waals surface area contributed by atoms with Crippen LogP contribution in [0.5, 0.6) is 0 Å². The average molecular weight is 360 g/mol. The van der Waals surface area contributed by atoms with Crippen LogP contribution in [0.2, 0.25) is 5.02 Å². The first kappa shape index (κ1) is 19.8. The Kier molecular flexibility index (Phi) is 8.40. The zero-order chi connectivity index (χ0) is 17.4. The summed E-state index contributed by atoms with van der Waals surface area (Å²) in [6.07, 6.45) is -0.879. The summed E-state index contributed by atoms with van der Waals surface area (Å²) >= 11 is 7.43. The van der Waals surface area contributed by atoms with Gasteiger partial charge in [0.15, 0.2) is 0 Å². The average Bonchev–Trinajstić information content (AvgIpc) is 2.51. The highest BCUT2D eigenvalue weighted by molar-refractivity contribution is 7.99. The highest BCUT2D eigenvalue weighted by Crippen LogP contribution is 2.12. The maximum atomic E-state index is 11.8. The Morgan fingerprint density at radius 2 is 1.87 bits per heavy atom. The first-order chi connectivity index (χ1) is 10.8. The molecular weight excluding hydrogens is 338 g/mol. The predicted molar refractivity (Wildman–Crippen MR) is 93.3 cm³/mol. The van der Waals surface area contributed by atoms with Crippen molar-refractivity contribution in [3.63, 3.8) is 0 Å². The molecule has 0 aromatic heterocycles. The zero-order valence-electron chi connectivity index (χ0n) is 13.1. The molecule has 0 aliphatic carbocycles. The second-order valence-electron chi connectivity index (χ2n) is 5.27. The number of nitrogens with two attached hydrogens (primary N) is 1. The van der Waals surface area contributed by atoms with E-state index < -0.39 is 24.0 Å². The van der Waals surface area contributed by atoms with Crippen LogP contribution in [0.4, 0.5) is 0 Å². The number of thioether (sulfide) groups is 1. The van der Waals surface area contributed by atoms with Crippen LogP contribution in [0.3, 0.4) is 0 Å². The third kappa shape index (κ3) is 7.22. The van der Waals surface area contributed by atoms with Crippen molar-refractivity contribution in [3.8, 4) is 0 Å². The summed E-state index contributed by atoms with van der Waals surface area (Å²) in [5, 5.41) is 10.8. The van der Waals surface area contributed by atoms with Gasteiger partial charge in [-0.25, -0.2) is 0 Å². The molecule has 2 amide bonds. The van der Waals surface area contributed by atoms with Crippen molar-refractivity contribution in [2.45, 2.75) is 37.7 Å². The van der Waals surface area contributed by atoms with Gasteiger partial charge in [0.1, 0.15) is 6.10 Å². The molecule has 1 aromatic carbocycles. The summed E-state index contributed by atoms with van der Waals surface area (Å²) in [4.78, 5) is 23.6. The fraction of sp³-hybridized carbons (Fsp3) is 0.467. The van der Waals surface area contributed by atoms with Crippen LogP contribution in [0, 0.1) is 0 Å². The maximum absolute atomic E-state index is 11.8. The van der Waals surface area contributed by atoms with Gasteiger partial charge in [-0.3, -0.25) is 20.4 Å². The maximum Gasteiger partial charge on any atom is 0.269 e. The predicted octanol–water partition coefficient (Wildman–Crippen LogP) is 1.32. The zero-order valence-corrected chi connectivity index (χ0v) is 14.7. The molecule has 1 aromatic rings. The second kappa shape index (κ2) is 9.77. The number of hydrazine groups is 1. The molecule has 0 saturated heterocycles. The first-order valence-corrected chi connectivity index (χ1v) is 8.65. The Bertz CT molecular complexity index is 525. The summed E-state index contributed by atoms with van der Waals surface area (Å²) in [5.74, 6) is -0.499. The lowest BCUT2D eigenvalue weighted by atomic mass is 10.1. The van der Waals surface area contributed by atoms with Crippen LogP contribution in [0.15, 0.2) is 24.3 Å². The number of aliphatic hydroxyl groups is 1. The molecule has 23 heavy (non-hydrogen) atoms. The van der Waals surface area contributed by atoms with E-state index in [1.807, 2.05) is 0 Å². The number of carbonyl (C=O) groups excluding carboxylic acids is 2.